The second-order valence-electron chi connectivity index (χ2n) is 7.18. The fourth-order valence-electron chi connectivity index (χ4n) is 2.66. The van der Waals surface area contributed by atoms with Crippen LogP contribution in [0.3, 0.4) is 0 Å². The van der Waals surface area contributed by atoms with E-state index in [2.05, 4.69) is 5.32 Å². The zero-order valence-corrected chi connectivity index (χ0v) is 16.1. The smallest absolute Gasteiger partial charge is 0.164 e. The molecule has 2 unspecified atom stereocenters. The van der Waals surface area contributed by atoms with E-state index in [1.807, 2.05) is 57.5 Å². The summed E-state index contributed by atoms with van der Waals surface area (Å²) >= 11 is 0. The minimum atomic E-state index is -0.442. The van der Waals surface area contributed by atoms with Crippen molar-refractivity contribution in [2.45, 2.75) is 52.1 Å². The van der Waals surface area contributed by atoms with Crippen molar-refractivity contribution < 1.29 is 30.0 Å². The molecule has 0 spiro atoms. The number of carbonyl (C=O) groups is 1. The van der Waals surface area contributed by atoms with Crippen LogP contribution < -0.4 is 0 Å². The Morgan fingerprint density at radius 1 is 1.33 bits per heavy atom. The molecule has 0 aromatic heterocycles. The Kier molecular flexibility index (Phi) is 8.12. The molecule has 5 heteroatoms. The molecule has 1 aromatic carbocycles. The maximum Gasteiger partial charge on any atom is 0.164 e. The summed E-state index contributed by atoms with van der Waals surface area (Å²) in [5.41, 5.74) is 0.598. The van der Waals surface area contributed by atoms with E-state index in [0.29, 0.717) is 6.54 Å². The van der Waals surface area contributed by atoms with Crippen molar-refractivity contribution in [3.05, 3.63) is 52.8 Å². The maximum absolute atomic E-state index is 12.3. The van der Waals surface area contributed by atoms with E-state index >= 15 is 0 Å². The van der Waals surface area contributed by atoms with Gasteiger partial charge >= 0.3 is 0 Å². The zero-order valence-electron chi connectivity index (χ0n) is 14.6. The van der Waals surface area contributed by atoms with Gasteiger partial charge in [0.25, 0.3) is 0 Å². The average Bonchev–Trinajstić information content (AvgIpc) is 2.53. The molecule has 0 saturated heterocycles. The zero-order chi connectivity index (χ0) is 16.9. The molecule has 24 heavy (non-hydrogen) atoms. The van der Waals surface area contributed by atoms with Gasteiger partial charge in [-0.2, -0.15) is 0 Å². The first-order valence-electron chi connectivity index (χ1n) is 8.28. The van der Waals surface area contributed by atoms with Gasteiger partial charge in [-0.15, -0.1) is 12.5 Å². The van der Waals surface area contributed by atoms with Gasteiger partial charge in [0.05, 0.1) is 0 Å². The van der Waals surface area contributed by atoms with Crippen LogP contribution in [-0.4, -0.2) is 22.4 Å². The van der Waals surface area contributed by atoms with Gasteiger partial charge in [-0.3, -0.25) is 0 Å². The molecule has 2 atom stereocenters. The van der Waals surface area contributed by atoms with Crippen molar-refractivity contribution in [3.8, 4) is 0 Å². The molecule has 4 nitrogen and oxygen atoms in total. The van der Waals surface area contributed by atoms with E-state index in [1.165, 1.54) is 0 Å². The molecule has 0 N–H and O–H groups in total. The Balaban J connectivity index is 0.00000288. The molecule has 0 bridgehead atoms. The van der Waals surface area contributed by atoms with Crippen LogP contribution in [0, 0.1) is 23.5 Å². The van der Waals surface area contributed by atoms with Gasteiger partial charge in [-0.05, 0) is 0 Å². The van der Waals surface area contributed by atoms with Gasteiger partial charge in [0.2, 0.25) is 0 Å². The molecule has 0 heterocycles. The second-order valence-corrected chi connectivity index (χ2v) is 7.18. The van der Waals surface area contributed by atoms with E-state index < -0.39 is 5.54 Å². The number of nitrogens with zero attached hydrogens (tertiary/aromatic N) is 2. The molecule has 1 aliphatic rings. The Morgan fingerprint density at radius 3 is 2.62 bits per heavy atom. The predicted molar refractivity (Wildman–Crippen MR) is 93.1 cm³/mol. The van der Waals surface area contributed by atoms with E-state index in [-0.39, 0.29) is 38.2 Å². The van der Waals surface area contributed by atoms with Gasteiger partial charge in [-0.1, -0.05) is 61.1 Å². The van der Waals surface area contributed by atoms with E-state index in [9.17, 15) is 10.0 Å². The summed E-state index contributed by atoms with van der Waals surface area (Å²) in [5.74, 6) is -0.177. The number of hydrogen-bond acceptors (Lipinski definition) is 2. The van der Waals surface area contributed by atoms with Crippen molar-refractivity contribution in [1.82, 2.24) is 0 Å². The third-order valence-electron chi connectivity index (χ3n) is 4.10. The SMILES string of the molecule is CC(C)(C)/[N+]([O-])=C/C1[CH-]C(C(=O)[N-]Cc2ccccc2)CCC1.[Pd]. The third kappa shape index (κ3) is 6.38. The average molecular weight is 421 g/mol. The summed E-state index contributed by atoms with van der Waals surface area (Å²) in [4.78, 5) is 12.3. The fraction of sp³-hybridized carbons (Fsp3) is 0.526. The fourth-order valence-corrected chi connectivity index (χ4v) is 2.66. The van der Waals surface area contributed by atoms with Crippen molar-refractivity contribution in [2.24, 2.45) is 11.8 Å². The number of rotatable bonds is 4. The second kappa shape index (κ2) is 9.34. The van der Waals surface area contributed by atoms with Crippen LogP contribution in [0.15, 0.2) is 30.3 Å². The van der Waals surface area contributed by atoms with Crippen molar-refractivity contribution in [1.29, 1.82) is 0 Å². The molecule has 0 radical (unpaired) electrons. The van der Waals surface area contributed by atoms with Crippen LogP contribution in [0.2, 0.25) is 0 Å². The molecule has 0 aliphatic heterocycles. The minimum absolute atomic E-state index is 0. The number of hydrogen-bond donors (Lipinski definition) is 0. The van der Waals surface area contributed by atoms with E-state index in [0.717, 1.165) is 29.6 Å². The molecule has 1 aromatic rings. The summed E-state index contributed by atoms with van der Waals surface area (Å²) in [7, 11) is 0. The maximum atomic E-state index is 12.3. The Morgan fingerprint density at radius 2 is 2.00 bits per heavy atom. The molecule has 1 aliphatic carbocycles. The number of carbonyl (C=O) groups excluding carboxylic acids is 1. The summed E-state index contributed by atoms with van der Waals surface area (Å²) in [6, 6.07) is 9.78. The van der Waals surface area contributed by atoms with Crippen molar-refractivity contribution in [3.63, 3.8) is 0 Å². The first kappa shape index (κ1) is 20.9. The first-order valence-corrected chi connectivity index (χ1v) is 8.28. The predicted octanol–water partition coefficient (Wildman–Crippen LogP) is 4.08. The molecule has 2 rings (SSSR count). The van der Waals surface area contributed by atoms with Crippen LogP contribution in [0.25, 0.3) is 5.32 Å². The van der Waals surface area contributed by atoms with E-state index in [4.69, 9.17) is 0 Å². The van der Waals surface area contributed by atoms with Crippen LogP contribution in [0.5, 0.6) is 0 Å². The van der Waals surface area contributed by atoms with Gasteiger partial charge in [0, 0.05) is 47.1 Å². The number of hydroxylamine groups is 1. The molecular weight excluding hydrogens is 395 g/mol. The summed E-state index contributed by atoms with van der Waals surface area (Å²) in [6.07, 6.45) is 6.41. The number of benzene rings is 1. The first-order chi connectivity index (χ1) is 10.9. The van der Waals surface area contributed by atoms with Crippen molar-refractivity contribution in [2.75, 3.05) is 0 Å². The molecule has 1 fully saturated rings. The Hall–Kier alpha value is -1.18. The molecule has 136 valence electrons. The Bertz CT molecular complexity index is 552. The van der Waals surface area contributed by atoms with Crippen LogP contribution in [0.4, 0.5) is 0 Å². The normalized spacial score (nSPS) is 21.7. The molecule has 1 amide bonds. The third-order valence-corrected chi connectivity index (χ3v) is 4.10. The minimum Gasteiger partial charge on any atom is -0.652 e. The topological polar surface area (TPSA) is 57.2 Å². The van der Waals surface area contributed by atoms with Crippen molar-refractivity contribution >= 4 is 12.1 Å². The standard InChI is InChI=1S/C19H27N2O2.Pd/c1-19(2,3)21(23)14-16-10-7-11-17(12-16)18(22)20-13-15-8-5-4-6-9-15;/h4-6,8-9,12,14,16-17H,7,10-11,13H2,1-3H3,(H,20,22);/q-1;/p-1/b21-14-;. The quantitative estimate of drug-likeness (QED) is 0.184. The van der Waals surface area contributed by atoms with Gasteiger partial charge in [0.1, 0.15) is 6.21 Å². The summed E-state index contributed by atoms with van der Waals surface area (Å²) in [5, 5.41) is 16.3. The van der Waals surface area contributed by atoms with Gasteiger partial charge < -0.3 is 21.7 Å². The molecular formula is C19H26N2O2Pd-2. The van der Waals surface area contributed by atoms with Gasteiger partial charge in [0.15, 0.2) is 5.54 Å². The van der Waals surface area contributed by atoms with Gasteiger partial charge in [-0.25, -0.2) is 4.74 Å². The van der Waals surface area contributed by atoms with Crippen LogP contribution in [0.1, 0.15) is 45.6 Å². The van der Waals surface area contributed by atoms with Crippen LogP contribution in [-0.2, 0) is 31.8 Å². The number of amides is 1. The summed E-state index contributed by atoms with van der Waals surface area (Å²) in [6.45, 7) is 6.08. The monoisotopic (exact) mass is 420 g/mol. The Labute approximate surface area is 159 Å². The largest absolute Gasteiger partial charge is 0.652 e. The summed E-state index contributed by atoms with van der Waals surface area (Å²) < 4.78 is 1.00. The van der Waals surface area contributed by atoms with Crippen LogP contribution >= 0.6 is 0 Å². The molecule has 1 saturated carbocycles. The van der Waals surface area contributed by atoms with E-state index in [1.54, 1.807) is 6.21 Å².